The van der Waals surface area contributed by atoms with E-state index in [4.69, 9.17) is 33.0 Å². The van der Waals surface area contributed by atoms with Crippen LogP contribution in [0.25, 0.3) is 0 Å². The van der Waals surface area contributed by atoms with Crippen LogP contribution >= 0.6 is 34.5 Å². The van der Waals surface area contributed by atoms with E-state index in [0.29, 0.717) is 4.88 Å². The molecule has 0 saturated carbocycles. The summed E-state index contributed by atoms with van der Waals surface area (Å²) in [6.07, 6.45) is 0. The number of hydrogen-bond acceptors (Lipinski definition) is 5. The van der Waals surface area contributed by atoms with Crippen LogP contribution in [0.15, 0.2) is 29.6 Å². The van der Waals surface area contributed by atoms with E-state index in [1.165, 1.54) is 18.2 Å². The summed E-state index contributed by atoms with van der Waals surface area (Å²) in [6.45, 7) is -0.600. The van der Waals surface area contributed by atoms with Gasteiger partial charge in [0.25, 0.3) is 0 Å². The minimum Gasteiger partial charge on any atom is -0.480 e. The Bertz CT molecular complexity index is 740. The third kappa shape index (κ3) is 3.47. The van der Waals surface area contributed by atoms with Gasteiger partial charge >= 0.3 is 5.97 Å². The van der Waals surface area contributed by atoms with Crippen LogP contribution in [0.4, 0.5) is 0 Å². The number of hydrogen-bond donors (Lipinski definition) is 1. The molecule has 2 aromatic rings. The molecule has 0 aliphatic heterocycles. The molecule has 8 heteroatoms. The molecule has 2 rings (SSSR count). The van der Waals surface area contributed by atoms with Gasteiger partial charge in [-0.15, -0.1) is 11.3 Å². The number of halogens is 2. The van der Waals surface area contributed by atoms with E-state index in [2.05, 4.69) is 0 Å². The Kier molecular flexibility index (Phi) is 5.18. The monoisotopic (exact) mass is 358 g/mol. The molecule has 0 atom stereocenters. The Morgan fingerprint density at radius 2 is 1.82 bits per heavy atom. The van der Waals surface area contributed by atoms with Crippen LogP contribution in [0.5, 0.6) is 5.75 Å². The Balaban J connectivity index is 2.29. The first kappa shape index (κ1) is 16.5. The zero-order chi connectivity index (χ0) is 16.3. The van der Waals surface area contributed by atoms with Crippen LogP contribution in [-0.2, 0) is 4.79 Å². The van der Waals surface area contributed by atoms with Gasteiger partial charge in [0.1, 0.15) is 10.8 Å². The molecular formula is C14H8Cl2O5S. The maximum Gasteiger partial charge on any atom is 0.341 e. The molecule has 1 aromatic carbocycles. The van der Waals surface area contributed by atoms with Gasteiger partial charge in [-0.3, -0.25) is 9.59 Å². The first-order valence-electron chi connectivity index (χ1n) is 5.87. The van der Waals surface area contributed by atoms with Gasteiger partial charge < -0.3 is 9.84 Å². The lowest BCUT2D eigenvalue weighted by molar-refractivity contribution is -0.139. The highest BCUT2D eigenvalue weighted by Gasteiger charge is 2.24. The first-order chi connectivity index (χ1) is 10.4. The zero-order valence-corrected chi connectivity index (χ0v) is 13.2. The van der Waals surface area contributed by atoms with Crippen LogP contribution in [0.3, 0.4) is 0 Å². The normalized spacial score (nSPS) is 10.3. The number of carboxylic acids is 1. The van der Waals surface area contributed by atoms with Crippen molar-refractivity contribution < 1.29 is 24.2 Å². The van der Waals surface area contributed by atoms with Crippen molar-refractivity contribution in [1.82, 2.24) is 0 Å². The molecule has 0 aliphatic carbocycles. The van der Waals surface area contributed by atoms with Gasteiger partial charge in [0.2, 0.25) is 11.6 Å². The molecule has 0 amide bonds. The van der Waals surface area contributed by atoms with Crippen molar-refractivity contribution in [3.63, 3.8) is 0 Å². The number of carboxylic acid groups (broad SMARTS) is 1. The number of thiophene rings is 1. The molecular weight excluding hydrogens is 351 g/mol. The van der Waals surface area contributed by atoms with E-state index in [0.717, 1.165) is 11.3 Å². The minimum absolute atomic E-state index is 0.0224. The predicted octanol–water partition coefficient (Wildman–Crippen LogP) is 3.58. The predicted molar refractivity (Wildman–Crippen MR) is 82.6 cm³/mol. The summed E-state index contributed by atoms with van der Waals surface area (Å²) in [4.78, 5) is 35.0. The highest BCUT2D eigenvalue weighted by Crippen LogP contribution is 2.35. The largest absolute Gasteiger partial charge is 0.480 e. The lowest BCUT2D eigenvalue weighted by Gasteiger charge is -2.09. The van der Waals surface area contributed by atoms with Crippen molar-refractivity contribution in [3.8, 4) is 5.75 Å². The molecule has 0 bridgehead atoms. The van der Waals surface area contributed by atoms with Crippen LogP contribution < -0.4 is 4.74 Å². The van der Waals surface area contributed by atoms with Gasteiger partial charge in [-0.2, -0.15) is 0 Å². The SMILES string of the molecule is O=C(O)COc1ccc(C(=O)C(=O)c2cccs2)c(Cl)c1Cl. The van der Waals surface area contributed by atoms with E-state index in [9.17, 15) is 14.4 Å². The molecule has 0 aliphatic rings. The number of carbonyl (C=O) groups is 3. The summed E-state index contributed by atoms with van der Waals surface area (Å²) in [5.41, 5.74) is -0.0623. The first-order valence-corrected chi connectivity index (χ1v) is 7.50. The molecule has 0 saturated heterocycles. The summed E-state index contributed by atoms with van der Waals surface area (Å²) in [7, 11) is 0. The quantitative estimate of drug-likeness (QED) is 0.630. The highest BCUT2D eigenvalue weighted by atomic mass is 35.5. The Morgan fingerprint density at radius 3 is 2.41 bits per heavy atom. The van der Waals surface area contributed by atoms with Crippen molar-refractivity contribution in [3.05, 3.63) is 50.1 Å². The third-order valence-electron chi connectivity index (χ3n) is 2.59. The topological polar surface area (TPSA) is 80.7 Å². The average molecular weight is 359 g/mol. The van der Waals surface area contributed by atoms with Crippen LogP contribution in [0.1, 0.15) is 20.0 Å². The Morgan fingerprint density at radius 1 is 1.09 bits per heavy atom. The molecule has 0 fully saturated rings. The smallest absolute Gasteiger partial charge is 0.341 e. The van der Waals surface area contributed by atoms with Gasteiger partial charge in [-0.1, -0.05) is 29.3 Å². The Labute approximate surface area is 139 Å². The summed E-state index contributed by atoms with van der Waals surface area (Å²) >= 11 is 13.1. The minimum atomic E-state index is -1.18. The van der Waals surface area contributed by atoms with E-state index >= 15 is 0 Å². The Hall–Kier alpha value is -1.89. The van der Waals surface area contributed by atoms with Gasteiger partial charge in [-0.25, -0.2) is 4.79 Å². The molecule has 0 unspecified atom stereocenters. The summed E-state index contributed by atoms with van der Waals surface area (Å²) in [5.74, 6) is -2.64. The number of Topliss-reactive ketones (excluding diaryl/α,β-unsaturated/α-hetero) is 2. The van der Waals surface area contributed by atoms with Crippen molar-refractivity contribution >= 4 is 52.1 Å². The van der Waals surface area contributed by atoms with Crippen molar-refractivity contribution in [2.45, 2.75) is 0 Å². The van der Waals surface area contributed by atoms with E-state index in [1.807, 2.05) is 0 Å². The standard InChI is InChI=1S/C14H8Cl2O5S/c15-11-7(13(19)14(20)9-2-1-5-22-9)3-4-8(12(11)16)21-6-10(17)18/h1-5H,6H2,(H,17,18). The zero-order valence-electron chi connectivity index (χ0n) is 10.8. The van der Waals surface area contributed by atoms with E-state index in [-0.39, 0.29) is 21.4 Å². The number of aliphatic carboxylic acids is 1. The molecule has 5 nitrogen and oxygen atoms in total. The van der Waals surface area contributed by atoms with Crippen molar-refractivity contribution in [1.29, 1.82) is 0 Å². The van der Waals surface area contributed by atoms with Crippen molar-refractivity contribution in [2.75, 3.05) is 6.61 Å². The van der Waals surface area contributed by atoms with E-state index < -0.39 is 24.1 Å². The van der Waals surface area contributed by atoms with Crippen molar-refractivity contribution in [2.24, 2.45) is 0 Å². The molecule has 22 heavy (non-hydrogen) atoms. The lowest BCUT2D eigenvalue weighted by Crippen LogP contribution is -2.14. The number of rotatable bonds is 6. The van der Waals surface area contributed by atoms with Gasteiger partial charge in [-0.05, 0) is 23.6 Å². The molecule has 1 N–H and O–H groups in total. The second kappa shape index (κ2) is 6.91. The number of ether oxygens (including phenoxy) is 1. The third-order valence-corrected chi connectivity index (χ3v) is 4.33. The molecule has 1 heterocycles. The molecule has 1 aromatic heterocycles. The van der Waals surface area contributed by atoms with E-state index in [1.54, 1.807) is 11.4 Å². The average Bonchev–Trinajstić information content (AvgIpc) is 3.01. The fourth-order valence-corrected chi connectivity index (χ4v) is 2.72. The second-order valence-corrected chi connectivity index (χ2v) is 5.76. The summed E-state index contributed by atoms with van der Waals surface area (Å²) in [6, 6.07) is 5.76. The maximum atomic E-state index is 12.2. The van der Waals surface area contributed by atoms with Gasteiger partial charge in [0.15, 0.2) is 6.61 Å². The molecule has 0 radical (unpaired) electrons. The molecule has 0 spiro atoms. The lowest BCUT2D eigenvalue weighted by atomic mass is 10.1. The van der Waals surface area contributed by atoms with Crippen LogP contribution in [0.2, 0.25) is 10.0 Å². The fraction of sp³-hybridized carbons (Fsp3) is 0.0714. The number of benzene rings is 1. The maximum absolute atomic E-state index is 12.2. The number of ketones is 2. The molecule has 114 valence electrons. The van der Waals surface area contributed by atoms with Crippen LogP contribution in [-0.4, -0.2) is 29.2 Å². The number of carbonyl (C=O) groups excluding carboxylic acids is 2. The van der Waals surface area contributed by atoms with Gasteiger partial charge in [0, 0.05) is 5.56 Å². The van der Waals surface area contributed by atoms with Gasteiger partial charge in [0.05, 0.1) is 9.90 Å². The second-order valence-electron chi connectivity index (χ2n) is 4.06. The fourth-order valence-electron chi connectivity index (χ4n) is 1.60. The van der Waals surface area contributed by atoms with Crippen LogP contribution in [0, 0.1) is 0 Å². The summed E-state index contributed by atoms with van der Waals surface area (Å²) < 4.78 is 4.94. The summed E-state index contributed by atoms with van der Waals surface area (Å²) in [5, 5.41) is 9.96. The highest BCUT2D eigenvalue weighted by molar-refractivity contribution is 7.13.